The maximum absolute atomic E-state index is 10.1. The zero-order chi connectivity index (χ0) is 16.8. The van der Waals surface area contributed by atoms with E-state index >= 15 is 0 Å². The standard InChI is InChI=1S/C18H22N6O/c25-17-4-2-1-3-14(17)15-7-16-18(22-21-15)20-10-13-11-23(5-6-24(13)16)12-8-19-9-12/h1-4,7,12-13,19,25H,5-6,8-11H2,(H,20,22). The summed E-state index contributed by atoms with van der Waals surface area (Å²) in [6.07, 6.45) is 0. The quantitative estimate of drug-likeness (QED) is 0.745. The first-order chi connectivity index (χ1) is 12.3. The fraction of sp³-hybridized carbons (Fsp3) is 0.444. The summed E-state index contributed by atoms with van der Waals surface area (Å²) in [7, 11) is 0. The largest absolute Gasteiger partial charge is 0.507 e. The second-order valence-corrected chi connectivity index (χ2v) is 7.02. The Kier molecular flexibility index (Phi) is 3.50. The summed E-state index contributed by atoms with van der Waals surface area (Å²) in [6, 6.07) is 10.5. The Hall–Kier alpha value is -2.38. The normalized spacial score (nSPS) is 23.4. The second-order valence-electron chi connectivity index (χ2n) is 7.02. The van der Waals surface area contributed by atoms with Crippen LogP contribution in [0.15, 0.2) is 30.3 Å². The zero-order valence-electron chi connectivity index (χ0n) is 14.0. The van der Waals surface area contributed by atoms with Crippen molar-refractivity contribution in [3.63, 3.8) is 0 Å². The van der Waals surface area contributed by atoms with Crippen LogP contribution in [0.25, 0.3) is 11.3 Å². The molecule has 0 aliphatic carbocycles. The van der Waals surface area contributed by atoms with E-state index in [0.717, 1.165) is 56.3 Å². The highest BCUT2D eigenvalue weighted by atomic mass is 16.3. The van der Waals surface area contributed by atoms with Crippen LogP contribution in [0, 0.1) is 0 Å². The average molecular weight is 338 g/mol. The van der Waals surface area contributed by atoms with Crippen LogP contribution in [0.2, 0.25) is 0 Å². The first-order valence-electron chi connectivity index (χ1n) is 8.91. The van der Waals surface area contributed by atoms with Gasteiger partial charge in [-0.3, -0.25) is 4.90 Å². The van der Waals surface area contributed by atoms with E-state index in [4.69, 9.17) is 0 Å². The Morgan fingerprint density at radius 2 is 1.92 bits per heavy atom. The van der Waals surface area contributed by atoms with Gasteiger partial charge < -0.3 is 20.6 Å². The van der Waals surface area contributed by atoms with E-state index in [1.54, 1.807) is 6.07 Å². The molecule has 0 amide bonds. The van der Waals surface area contributed by atoms with Crippen LogP contribution in [-0.4, -0.2) is 71.6 Å². The molecule has 2 aromatic rings. The molecular formula is C18H22N6O. The van der Waals surface area contributed by atoms with Gasteiger partial charge in [-0.15, -0.1) is 10.2 Å². The van der Waals surface area contributed by atoms with E-state index in [1.807, 2.05) is 18.2 Å². The molecule has 0 radical (unpaired) electrons. The molecule has 130 valence electrons. The number of anilines is 2. The van der Waals surface area contributed by atoms with Gasteiger partial charge in [0.15, 0.2) is 5.82 Å². The molecule has 3 N–H and O–H groups in total. The van der Waals surface area contributed by atoms with Crippen LogP contribution in [0.3, 0.4) is 0 Å². The van der Waals surface area contributed by atoms with Crippen molar-refractivity contribution in [3.8, 4) is 17.0 Å². The Morgan fingerprint density at radius 3 is 2.72 bits per heavy atom. The Bertz CT molecular complexity index is 793. The van der Waals surface area contributed by atoms with E-state index in [1.165, 1.54) is 0 Å². The molecule has 4 heterocycles. The van der Waals surface area contributed by atoms with Crippen molar-refractivity contribution < 1.29 is 5.11 Å². The Morgan fingerprint density at radius 1 is 1.04 bits per heavy atom. The molecule has 25 heavy (non-hydrogen) atoms. The van der Waals surface area contributed by atoms with Crippen molar-refractivity contribution >= 4 is 11.5 Å². The number of hydrogen-bond donors (Lipinski definition) is 3. The average Bonchev–Trinajstić information content (AvgIpc) is 2.60. The van der Waals surface area contributed by atoms with Gasteiger partial charge in [-0.05, 0) is 18.2 Å². The summed E-state index contributed by atoms with van der Waals surface area (Å²) in [4.78, 5) is 5.05. The number of phenols is 1. The van der Waals surface area contributed by atoms with Crippen molar-refractivity contribution in [1.82, 2.24) is 20.4 Å². The summed E-state index contributed by atoms with van der Waals surface area (Å²) >= 11 is 0. The molecule has 1 aromatic carbocycles. The molecule has 0 bridgehead atoms. The van der Waals surface area contributed by atoms with Crippen LogP contribution in [-0.2, 0) is 0 Å². The number of nitrogens with one attached hydrogen (secondary N) is 2. The molecule has 3 aliphatic heterocycles. The minimum atomic E-state index is 0.236. The Balaban J connectivity index is 1.45. The van der Waals surface area contributed by atoms with Crippen molar-refractivity contribution in [3.05, 3.63) is 30.3 Å². The fourth-order valence-corrected chi connectivity index (χ4v) is 4.00. The number of rotatable bonds is 2. The van der Waals surface area contributed by atoms with Crippen LogP contribution >= 0.6 is 0 Å². The highest BCUT2D eigenvalue weighted by Crippen LogP contribution is 2.36. The van der Waals surface area contributed by atoms with E-state index in [9.17, 15) is 5.11 Å². The lowest BCUT2D eigenvalue weighted by Gasteiger charge is -2.49. The van der Waals surface area contributed by atoms with Crippen LogP contribution in [0.1, 0.15) is 0 Å². The highest BCUT2D eigenvalue weighted by Gasteiger charge is 2.36. The first-order valence-corrected chi connectivity index (χ1v) is 8.91. The minimum Gasteiger partial charge on any atom is -0.507 e. The van der Waals surface area contributed by atoms with Gasteiger partial charge in [-0.25, -0.2) is 0 Å². The molecule has 2 saturated heterocycles. The number of benzene rings is 1. The Labute approximate surface area is 146 Å². The molecule has 3 aliphatic rings. The minimum absolute atomic E-state index is 0.236. The lowest BCUT2D eigenvalue weighted by atomic mass is 10.0. The molecule has 0 spiro atoms. The highest BCUT2D eigenvalue weighted by molar-refractivity contribution is 5.76. The number of nitrogens with zero attached hydrogens (tertiary/aromatic N) is 4. The molecule has 1 atom stereocenters. The van der Waals surface area contributed by atoms with Gasteiger partial charge in [0, 0.05) is 50.9 Å². The maximum atomic E-state index is 10.1. The number of piperazine rings is 1. The predicted octanol–water partition coefficient (Wildman–Crippen LogP) is 0.737. The van der Waals surface area contributed by atoms with Crippen LogP contribution in [0.4, 0.5) is 11.5 Å². The van der Waals surface area contributed by atoms with Crippen LogP contribution < -0.4 is 15.5 Å². The number of hydrogen-bond acceptors (Lipinski definition) is 7. The molecule has 0 saturated carbocycles. The van der Waals surface area contributed by atoms with Gasteiger partial charge in [-0.2, -0.15) is 0 Å². The van der Waals surface area contributed by atoms with Crippen molar-refractivity contribution in [2.45, 2.75) is 12.1 Å². The molecule has 2 fully saturated rings. The van der Waals surface area contributed by atoms with Gasteiger partial charge in [-0.1, -0.05) is 12.1 Å². The van der Waals surface area contributed by atoms with E-state index in [2.05, 4.69) is 36.7 Å². The number of aromatic hydroxyl groups is 1. The number of aromatic nitrogens is 2. The molecule has 7 nitrogen and oxygen atoms in total. The molecule has 5 rings (SSSR count). The lowest BCUT2D eigenvalue weighted by Crippen LogP contribution is -2.65. The topological polar surface area (TPSA) is 76.5 Å². The second kappa shape index (κ2) is 5.86. The SMILES string of the molecule is Oc1ccccc1-c1cc2c(nn1)NCC1CN(C3CNC3)CCN21. The summed E-state index contributed by atoms with van der Waals surface area (Å²) in [5.74, 6) is 1.08. The fourth-order valence-electron chi connectivity index (χ4n) is 4.00. The molecule has 7 heteroatoms. The smallest absolute Gasteiger partial charge is 0.172 e. The third-order valence-corrected chi connectivity index (χ3v) is 5.56. The van der Waals surface area contributed by atoms with Crippen molar-refractivity contribution in [2.75, 3.05) is 49.5 Å². The monoisotopic (exact) mass is 338 g/mol. The van der Waals surface area contributed by atoms with Gasteiger partial charge in [0.05, 0.1) is 17.4 Å². The molecular weight excluding hydrogens is 316 g/mol. The van der Waals surface area contributed by atoms with Crippen molar-refractivity contribution in [1.29, 1.82) is 0 Å². The maximum Gasteiger partial charge on any atom is 0.172 e. The first kappa shape index (κ1) is 14.9. The van der Waals surface area contributed by atoms with Crippen molar-refractivity contribution in [2.24, 2.45) is 0 Å². The molecule has 1 aromatic heterocycles. The number of para-hydroxylation sites is 1. The predicted molar refractivity (Wildman–Crippen MR) is 97.0 cm³/mol. The zero-order valence-corrected chi connectivity index (χ0v) is 14.0. The van der Waals surface area contributed by atoms with Gasteiger partial charge in [0.1, 0.15) is 5.75 Å². The van der Waals surface area contributed by atoms with Gasteiger partial charge in [0.25, 0.3) is 0 Å². The summed E-state index contributed by atoms with van der Waals surface area (Å²) in [5.41, 5.74) is 2.53. The third-order valence-electron chi connectivity index (χ3n) is 5.56. The molecule has 1 unspecified atom stereocenters. The number of phenolic OH excluding ortho intramolecular Hbond substituents is 1. The summed E-state index contributed by atoms with van der Waals surface area (Å²) in [6.45, 7) is 6.28. The van der Waals surface area contributed by atoms with E-state index in [-0.39, 0.29) is 5.75 Å². The van der Waals surface area contributed by atoms with Crippen LogP contribution in [0.5, 0.6) is 5.75 Å². The summed E-state index contributed by atoms with van der Waals surface area (Å²) in [5, 5.41) is 25.6. The summed E-state index contributed by atoms with van der Waals surface area (Å²) < 4.78 is 0. The number of fused-ring (bicyclic) bond motifs is 3. The lowest BCUT2D eigenvalue weighted by molar-refractivity contribution is 0.121. The third kappa shape index (κ3) is 2.51. The van der Waals surface area contributed by atoms with E-state index < -0.39 is 0 Å². The van der Waals surface area contributed by atoms with Gasteiger partial charge >= 0.3 is 0 Å². The van der Waals surface area contributed by atoms with Gasteiger partial charge in [0.2, 0.25) is 0 Å². The van der Waals surface area contributed by atoms with E-state index in [0.29, 0.717) is 17.8 Å².